The molecule has 16 heteroatoms. The Labute approximate surface area is 210 Å². The first kappa shape index (κ1) is 20.4. The molecule has 0 bridgehead atoms. The number of benzene rings is 2. The van der Waals surface area contributed by atoms with Gasteiger partial charge in [-0.2, -0.15) is 0 Å². The van der Waals surface area contributed by atoms with E-state index < -0.39 is 5.92 Å². The Morgan fingerprint density at radius 3 is 1.45 bits per heavy atom. The molecule has 0 aliphatic rings. The van der Waals surface area contributed by atoms with E-state index in [1.54, 1.807) is 8.80 Å². The lowest BCUT2D eigenvalue weighted by atomic mass is 10.1. The van der Waals surface area contributed by atoms with Gasteiger partial charge in [-0.3, -0.25) is 0 Å². The quantitative estimate of drug-likeness (QED) is 0.333. The molecule has 2 aromatic carbocycles. The highest BCUT2D eigenvalue weighted by molar-refractivity contribution is 5.76. The summed E-state index contributed by atoms with van der Waals surface area (Å²) in [7, 11) is 0. The predicted octanol–water partition coefficient (Wildman–Crippen LogP) is 0.923. The number of rotatable bonds is 4. The molecule has 182 valence electrons. The Balaban J connectivity index is 1.39. The molecule has 8 rings (SSSR count). The van der Waals surface area contributed by atoms with E-state index in [0.29, 0.717) is 45.9 Å². The third kappa shape index (κ3) is 2.78. The molecule has 0 spiro atoms. The second kappa shape index (κ2) is 7.60. The summed E-state index contributed by atoms with van der Waals surface area (Å²) < 4.78 is 6.27. The lowest BCUT2D eigenvalue weighted by Gasteiger charge is -2.10. The van der Waals surface area contributed by atoms with E-state index in [4.69, 9.17) is 0 Å². The van der Waals surface area contributed by atoms with Gasteiger partial charge in [0.1, 0.15) is 11.4 Å². The maximum atomic E-state index is 4.58. The molecule has 6 heterocycles. The highest BCUT2D eigenvalue weighted by Crippen LogP contribution is 2.29. The monoisotopic (exact) mass is 502 g/mol. The van der Waals surface area contributed by atoms with E-state index >= 15 is 0 Å². The van der Waals surface area contributed by atoms with Crippen LogP contribution in [-0.4, -0.2) is 79.7 Å². The third-order valence-corrected chi connectivity index (χ3v) is 6.33. The van der Waals surface area contributed by atoms with Crippen LogP contribution in [0, 0.1) is 0 Å². The van der Waals surface area contributed by atoms with Gasteiger partial charge in [-0.05, 0) is 27.8 Å². The maximum Gasteiger partial charge on any atom is 0.279 e. The van der Waals surface area contributed by atoms with Crippen molar-refractivity contribution in [3.05, 3.63) is 72.3 Å². The Bertz CT molecular complexity index is 1950. The second-order valence-electron chi connectivity index (χ2n) is 8.52. The molecule has 0 unspecified atom stereocenters. The average molecular weight is 502 g/mol. The van der Waals surface area contributed by atoms with Gasteiger partial charge in [0.05, 0.1) is 5.92 Å². The van der Waals surface area contributed by atoms with Crippen molar-refractivity contribution in [2.75, 3.05) is 0 Å². The number of fused-ring (bicyclic) bond motifs is 6. The van der Waals surface area contributed by atoms with Crippen molar-refractivity contribution in [1.29, 1.82) is 0 Å². The fourth-order valence-electron chi connectivity index (χ4n) is 4.57. The molecule has 6 aromatic heterocycles. The van der Waals surface area contributed by atoms with Gasteiger partial charge in [0, 0.05) is 11.1 Å². The zero-order valence-corrected chi connectivity index (χ0v) is 19.5. The molecule has 0 aliphatic heterocycles. The van der Waals surface area contributed by atoms with Crippen molar-refractivity contribution in [3.8, 4) is 22.5 Å². The zero-order chi connectivity index (χ0) is 25.2. The average Bonchev–Trinajstić information content (AvgIpc) is 3.77. The van der Waals surface area contributed by atoms with Gasteiger partial charge in [0.25, 0.3) is 11.6 Å². The summed E-state index contributed by atoms with van der Waals surface area (Å²) in [6, 6.07) is 19.3. The Kier molecular flexibility index (Phi) is 4.08. The minimum Gasteiger partial charge on any atom is -0.241 e. The Hall–Kier alpha value is -5.80. The third-order valence-electron chi connectivity index (χ3n) is 6.33. The summed E-state index contributed by atoms with van der Waals surface area (Å²) in [5.74, 6) is 1.37. The molecule has 38 heavy (non-hydrogen) atoms. The normalized spacial score (nSPS) is 12.1. The van der Waals surface area contributed by atoms with E-state index in [9.17, 15) is 0 Å². The fourth-order valence-corrected chi connectivity index (χ4v) is 4.57. The van der Waals surface area contributed by atoms with Crippen LogP contribution in [0.15, 0.2) is 60.7 Å². The lowest BCUT2D eigenvalue weighted by molar-refractivity contribution is 0.699. The number of nitrogens with zero attached hydrogens (tertiary/aromatic N) is 16. The molecule has 0 atom stereocenters. The van der Waals surface area contributed by atoms with Gasteiger partial charge in [0.15, 0.2) is 22.9 Å². The van der Waals surface area contributed by atoms with Crippen LogP contribution in [0.4, 0.5) is 0 Å². The molecular weight excluding hydrogens is 488 g/mol. The molecule has 0 radical (unpaired) electrons. The van der Waals surface area contributed by atoms with Crippen molar-refractivity contribution in [2.45, 2.75) is 12.8 Å². The molecule has 16 nitrogen and oxygen atoms in total. The first-order valence-electron chi connectivity index (χ1n) is 11.6. The van der Waals surface area contributed by atoms with Crippen molar-refractivity contribution >= 4 is 22.8 Å². The van der Waals surface area contributed by atoms with Crippen molar-refractivity contribution in [1.82, 2.24) is 79.7 Å². The summed E-state index contributed by atoms with van der Waals surface area (Å²) in [4.78, 5) is 0. The van der Waals surface area contributed by atoms with Crippen LogP contribution in [-0.2, 0) is 0 Å². The van der Waals surface area contributed by atoms with E-state index in [-0.39, 0.29) is 0 Å². The van der Waals surface area contributed by atoms with E-state index in [0.717, 1.165) is 11.1 Å². The van der Waals surface area contributed by atoms with E-state index in [1.165, 1.54) is 9.26 Å². The van der Waals surface area contributed by atoms with Crippen molar-refractivity contribution in [3.63, 3.8) is 0 Å². The summed E-state index contributed by atoms with van der Waals surface area (Å²) >= 11 is 0. The van der Waals surface area contributed by atoms with Gasteiger partial charge in [-0.1, -0.05) is 80.1 Å². The van der Waals surface area contributed by atoms with Crippen LogP contribution in [0.1, 0.15) is 24.5 Å². The predicted molar refractivity (Wildman–Crippen MR) is 129 cm³/mol. The van der Waals surface area contributed by atoms with Crippen molar-refractivity contribution in [2.24, 2.45) is 0 Å². The van der Waals surface area contributed by atoms with Gasteiger partial charge in [-0.15, -0.1) is 30.6 Å². The molecule has 0 aliphatic carbocycles. The number of hydrogen-bond acceptors (Lipinski definition) is 12. The van der Waals surface area contributed by atoms with Gasteiger partial charge >= 0.3 is 0 Å². The first-order valence-corrected chi connectivity index (χ1v) is 11.6. The highest BCUT2D eigenvalue weighted by Gasteiger charge is 2.28. The standard InChI is InChI=1S/C22H14N16/c1-12(17-23-25-19-15(13-8-4-2-5-9-13)29-37-21(35(17)19)27-31-33-37)18-24-26-20-16(14-10-6-3-7-11-14)30-38-22(36(18)20)28-32-34-38/h2-12H,1H3. The molecule has 0 saturated carbocycles. The first-order chi connectivity index (χ1) is 18.8. The topological polar surface area (TPSA) is 172 Å². The van der Waals surface area contributed by atoms with Gasteiger partial charge < -0.3 is 0 Å². The van der Waals surface area contributed by atoms with E-state index in [2.05, 4.69) is 61.6 Å². The van der Waals surface area contributed by atoms with Crippen LogP contribution < -0.4 is 0 Å². The molecule has 8 aromatic rings. The van der Waals surface area contributed by atoms with Crippen LogP contribution in [0.25, 0.3) is 45.4 Å². The van der Waals surface area contributed by atoms with Crippen molar-refractivity contribution < 1.29 is 0 Å². The van der Waals surface area contributed by atoms with Crippen LogP contribution in [0.2, 0.25) is 0 Å². The molecule has 0 amide bonds. The summed E-state index contributed by atoms with van der Waals surface area (Å²) in [5, 5.41) is 51.2. The SMILES string of the molecule is CC(c1nnc2c(-c3ccccc3)nn3nnnc3n12)c1nnc2c(-c3ccccc3)nn3nnnc3n12. The second-order valence-corrected chi connectivity index (χ2v) is 8.52. The minimum absolute atomic E-state index is 0.362. The summed E-state index contributed by atoms with van der Waals surface area (Å²) in [6.45, 7) is 1.94. The Morgan fingerprint density at radius 2 is 1.00 bits per heavy atom. The number of hydrogen-bond donors (Lipinski definition) is 0. The van der Waals surface area contributed by atoms with Crippen LogP contribution >= 0.6 is 0 Å². The zero-order valence-electron chi connectivity index (χ0n) is 19.5. The van der Waals surface area contributed by atoms with Crippen LogP contribution in [0.5, 0.6) is 0 Å². The summed E-state index contributed by atoms with van der Waals surface area (Å²) in [6.07, 6.45) is 0. The lowest BCUT2D eigenvalue weighted by Crippen LogP contribution is -2.12. The highest BCUT2D eigenvalue weighted by atomic mass is 15.6. The Morgan fingerprint density at radius 1 is 0.553 bits per heavy atom. The minimum atomic E-state index is -0.432. The van der Waals surface area contributed by atoms with Gasteiger partial charge in [0.2, 0.25) is 0 Å². The molecule has 0 saturated heterocycles. The number of tetrazole rings is 2. The number of aromatic nitrogens is 16. The molecule has 0 N–H and O–H groups in total. The molecular formula is C22H14N16. The van der Waals surface area contributed by atoms with E-state index in [1.807, 2.05) is 67.6 Å². The van der Waals surface area contributed by atoms with Crippen LogP contribution in [0.3, 0.4) is 0 Å². The fraction of sp³-hybridized carbons (Fsp3) is 0.0909. The van der Waals surface area contributed by atoms with Gasteiger partial charge in [-0.25, -0.2) is 8.80 Å². The largest absolute Gasteiger partial charge is 0.279 e. The smallest absolute Gasteiger partial charge is 0.241 e. The maximum absolute atomic E-state index is 4.58. The summed E-state index contributed by atoms with van der Waals surface area (Å²) in [5.41, 5.74) is 3.89. The molecule has 0 fully saturated rings.